The average Bonchev–Trinajstić information content (AvgIpc) is 3.14. The first-order chi connectivity index (χ1) is 12.7. The Hall–Kier alpha value is -3.66. The van der Waals surface area contributed by atoms with Gasteiger partial charge in [0.15, 0.2) is 0 Å². The SMILES string of the molecule is O=[N+]([O-])c1ccc(-n2c(-c3ccccc3)ccc2-c2ccccc2)cc1. The van der Waals surface area contributed by atoms with Gasteiger partial charge in [-0.05, 0) is 35.4 Å². The zero-order valence-corrected chi connectivity index (χ0v) is 13.9. The highest BCUT2D eigenvalue weighted by Gasteiger charge is 2.14. The van der Waals surface area contributed by atoms with Crippen LogP contribution in [0.3, 0.4) is 0 Å². The molecule has 0 bridgehead atoms. The maximum absolute atomic E-state index is 11.0. The summed E-state index contributed by atoms with van der Waals surface area (Å²) in [5, 5.41) is 11.0. The highest BCUT2D eigenvalue weighted by molar-refractivity contribution is 5.73. The van der Waals surface area contributed by atoms with Crippen molar-refractivity contribution in [1.82, 2.24) is 4.57 Å². The quantitative estimate of drug-likeness (QED) is 0.352. The molecule has 1 aromatic heterocycles. The number of non-ortho nitro benzene ring substituents is 1. The highest BCUT2D eigenvalue weighted by atomic mass is 16.6. The molecule has 4 aromatic rings. The van der Waals surface area contributed by atoms with Crippen LogP contribution in [-0.2, 0) is 0 Å². The van der Waals surface area contributed by atoms with Crippen LogP contribution in [0, 0.1) is 10.1 Å². The molecule has 3 aromatic carbocycles. The van der Waals surface area contributed by atoms with Crippen LogP contribution in [0.4, 0.5) is 5.69 Å². The van der Waals surface area contributed by atoms with Gasteiger partial charge in [-0.2, -0.15) is 0 Å². The van der Waals surface area contributed by atoms with E-state index in [4.69, 9.17) is 0 Å². The number of aromatic nitrogens is 1. The summed E-state index contributed by atoms with van der Waals surface area (Å²) in [4.78, 5) is 10.6. The van der Waals surface area contributed by atoms with Crippen molar-refractivity contribution >= 4 is 5.69 Å². The Morgan fingerprint density at radius 2 is 1.08 bits per heavy atom. The molecule has 0 aliphatic heterocycles. The molecule has 0 spiro atoms. The summed E-state index contributed by atoms with van der Waals surface area (Å²) in [5.41, 5.74) is 5.24. The summed E-state index contributed by atoms with van der Waals surface area (Å²) in [7, 11) is 0. The summed E-state index contributed by atoms with van der Waals surface area (Å²) < 4.78 is 2.13. The van der Waals surface area contributed by atoms with Crippen LogP contribution < -0.4 is 0 Å². The van der Waals surface area contributed by atoms with E-state index in [0.717, 1.165) is 28.2 Å². The van der Waals surface area contributed by atoms with Gasteiger partial charge in [-0.25, -0.2) is 0 Å². The van der Waals surface area contributed by atoms with Crippen molar-refractivity contribution in [3.63, 3.8) is 0 Å². The maximum atomic E-state index is 11.0. The van der Waals surface area contributed by atoms with Gasteiger partial charge in [-0.1, -0.05) is 60.7 Å². The van der Waals surface area contributed by atoms with Crippen LogP contribution in [0.15, 0.2) is 97.1 Å². The fourth-order valence-corrected chi connectivity index (χ4v) is 3.11. The summed E-state index contributed by atoms with van der Waals surface area (Å²) in [6.45, 7) is 0. The summed E-state index contributed by atoms with van der Waals surface area (Å²) >= 11 is 0. The van der Waals surface area contributed by atoms with Crippen LogP contribution >= 0.6 is 0 Å². The predicted octanol–water partition coefficient (Wildman–Crippen LogP) is 5.72. The zero-order chi connectivity index (χ0) is 17.9. The predicted molar refractivity (Wildman–Crippen MR) is 103 cm³/mol. The van der Waals surface area contributed by atoms with Gasteiger partial charge >= 0.3 is 0 Å². The van der Waals surface area contributed by atoms with Crippen molar-refractivity contribution < 1.29 is 4.92 Å². The smallest absolute Gasteiger partial charge is 0.269 e. The fourth-order valence-electron chi connectivity index (χ4n) is 3.11. The number of nitro groups is 1. The van der Waals surface area contributed by atoms with Gasteiger partial charge in [0.1, 0.15) is 0 Å². The third-order valence-electron chi connectivity index (χ3n) is 4.34. The van der Waals surface area contributed by atoms with Crippen molar-refractivity contribution in [3.05, 3.63) is 107 Å². The summed E-state index contributed by atoms with van der Waals surface area (Å²) in [6.07, 6.45) is 0. The third kappa shape index (κ3) is 2.89. The van der Waals surface area contributed by atoms with E-state index in [9.17, 15) is 10.1 Å². The summed E-state index contributed by atoms with van der Waals surface area (Å²) in [5.74, 6) is 0. The third-order valence-corrected chi connectivity index (χ3v) is 4.34. The van der Waals surface area contributed by atoms with Gasteiger partial charge in [0.25, 0.3) is 5.69 Å². The van der Waals surface area contributed by atoms with Crippen molar-refractivity contribution in [3.8, 4) is 28.2 Å². The molecular formula is C22H16N2O2. The van der Waals surface area contributed by atoms with Crippen molar-refractivity contribution in [2.75, 3.05) is 0 Å². The molecular weight excluding hydrogens is 324 g/mol. The fraction of sp³-hybridized carbons (Fsp3) is 0. The number of rotatable bonds is 4. The number of nitro benzene ring substituents is 1. The Morgan fingerprint density at radius 1 is 0.615 bits per heavy atom. The van der Waals surface area contributed by atoms with E-state index in [2.05, 4.69) is 41.0 Å². The first-order valence-electron chi connectivity index (χ1n) is 8.31. The van der Waals surface area contributed by atoms with Crippen molar-refractivity contribution in [2.45, 2.75) is 0 Å². The van der Waals surface area contributed by atoms with E-state index in [1.807, 2.05) is 36.4 Å². The maximum Gasteiger partial charge on any atom is 0.269 e. The van der Waals surface area contributed by atoms with Crippen LogP contribution in [0.2, 0.25) is 0 Å². The molecule has 0 saturated carbocycles. The molecule has 0 fully saturated rings. The Labute approximate surface area is 151 Å². The lowest BCUT2D eigenvalue weighted by Crippen LogP contribution is -1.99. The Morgan fingerprint density at radius 3 is 1.50 bits per heavy atom. The zero-order valence-electron chi connectivity index (χ0n) is 13.9. The second kappa shape index (κ2) is 6.69. The van der Waals surface area contributed by atoms with Crippen molar-refractivity contribution in [1.29, 1.82) is 0 Å². The molecule has 1 heterocycles. The molecule has 0 saturated heterocycles. The monoisotopic (exact) mass is 340 g/mol. The first kappa shape index (κ1) is 15.8. The number of nitrogens with zero attached hydrogens (tertiary/aromatic N) is 2. The van der Waals surface area contributed by atoms with E-state index >= 15 is 0 Å². The number of hydrogen-bond donors (Lipinski definition) is 0. The second-order valence-electron chi connectivity index (χ2n) is 5.94. The molecule has 0 N–H and O–H groups in total. The molecule has 0 radical (unpaired) electrons. The highest BCUT2D eigenvalue weighted by Crippen LogP contribution is 2.32. The molecule has 0 amide bonds. The molecule has 0 aliphatic rings. The Kier molecular flexibility index (Phi) is 4.07. The Bertz CT molecular complexity index is 980. The molecule has 0 atom stereocenters. The van der Waals surface area contributed by atoms with E-state index < -0.39 is 0 Å². The minimum atomic E-state index is -0.379. The van der Waals surface area contributed by atoms with E-state index in [-0.39, 0.29) is 10.6 Å². The molecule has 0 unspecified atom stereocenters. The topological polar surface area (TPSA) is 48.1 Å². The van der Waals surface area contributed by atoms with Gasteiger partial charge in [0.05, 0.1) is 16.3 Å². The van der Waals surface area contributed by atoms with Crippen molar-refractivity contribution in [2.24, 2.45) is 0 Å². The van der Waals surface area contributed by atoms with Crippen LogP contribution in [0.1, 0.15) is 0 Å². The molecule has 26 heavy (non-hydrogen) atoms. The van der Waals surface area contributed by atoms with E-state index in [0.29, 0.717) is 0 Å². The van der Waals surface area contributed by atoms with Gasteiger partial charge < -0.3 is 4.57 Å². The molecule has 4 nitrogen and oxygen atoms in total. The van der Waals surface area contributed by atoms with Crippen LogP contribution in [0.25, 0.3) is 28.2 Å². The van der Waals surface area contributed by atoms with Gasteiger partial charge in [-0.15, -0.1) is 0 Å². The minimum Gasteiger partial charge on any atom is -0.309 e. The van der Waals surface area contributed by atoms with E-state index in [1.54, 1.807) is 24.3 Å². The molecule has 126 valence electrons. The average molecular weight is 340 g/mol. The molecule has 0 aliphatic carbocycles. The lowest BCUT2D eigenvalue weighted by Gasteiger charge is -2.14. The largest absolute Gasteiger partial charge is 0.309 e. The number of benzene rings is 3. The number of hydrogen-bond acceptors (Lipinski definition) is 2. The van der Waals surface area contributed by atoms with Gasteiger partial charge in [0.2, 0.25) is 0 Å². The normalized spacial score (nSPS) is 10.6. The molecule has 4 rings (SSSR count). The van der Waals surface area contributed by atoms with Gasteiger partial charge in [0, 0.05) is 17.8 Å². The van der Waals surface area contributed by atoms with Crippen LogP contribution in [-0.4, -0.2) is 9.49 Å². The van der Waals surface area contributed by atoms with Crippen LogP contribution in [0.5, 0.6) is 0 Å². The standard InChI is InChI=1S/C22H16N2O2/c25-24(26)20-13-11-19(12-14-20)23-21(17-7-3-1-4-8-17)15-16-22(23)18-9-5-2-6-10-18/h1-16H. The van der Waals surface area contributed by atoms with E-state index in [1.165, 1.54) is 0 Å². The molecule has 4 heteroatoms. The minimum absolute atomic E-state index is 0.0865. The second-order valence-corrected chi connectivity index (χ2v) is 5.94. The Balaban J connectivity index is 1.92. The summed E-state index contributed by atoms with van der Waals surface area (Å²) in [6, 6.07) is 31.1. The van der Waals surface area contributed by atoms with Gasteiger partial charge in [-0.3, -0.25) is 10.1 Å². The lowest BCUT2D eigenvalue weighted by molar-refractivity contribution is -0.384. The lowest BCUT2D eigenvalue weighted by atomic mass is 10.1. The first-order valence-corrected chi connectivity index (χ1v) is 8.31.